The lowest BCUT2D eigenvalue weighted by Gasteiger charge is -2.31. The number of aliphatic hydroxyl groups excluding tert-OH is 1. The summed E-state index contributed by atoms with van der Waals surface area (Å²) in [7, 11) is 0. The second-order valence-corrected chi connectivity index (χ2v) is 5.01. The average molecular weight is 236 g/mol. The molecule has 0 bridgehead atoms. The van der Waals surface area contributed by atoms with E-state index in [2.05, 4.69) is 24.0 Å². The van der Waals surface area contributed by atoms with Gasteiger partial charge in [0.05, 0.1) is 6.61 Å². The van der Waals surface area contributed by atoms with E-state index in [0.717, 1.165) is 19.5 Å². The van der Waals surface area contributed by atoms with Crippen molar-refractivity contribution in [2.75, 3.05) is 19.7 Å². The number of aliphatic hydroxyl groups is 1. The fourth-order valence-electron chi connectivity index (χ4n) is 1.93. The predicted octanol–water partition coefficient (Wildman–Crippen LogP) is 1.61. The first-order valence-corrected chi connectivity index (χ1v) is 6.23. The van der Waals surface area contributed by atoms with Crippen LogP contribution < -0.4 is 5.73 Å². The minimum Gasteiger partial charge on any atom is -0.394 e. The summed E-state index contributed by atoms with van der Waals surface area (Å²) in [5, 5.41) is 9.23. The summed E-state index contributed by atoms with van der Waals surface area (Å²) in [6.45, 7) is 6.67. The van der Waals surface area contributed by atoms with Crippen molar-refractivity contribution < 1.29 is 5.11 Å². The Bertz CT molecular complexity index is 311. The third-order valence-electron chi connectivity index (χ3n) is 2.73. The molecule has 0 amide bonds. The van der Waals surface area contributed by atoms with E-state index in [9.17, 15) is 5.11 Å². The van der Waals surface area contributed by atoms with E-state index in [4.69, 9.17) is 5.73 Å². The summed E-state index contributed by atoms with van der Waals surface area (Å²) >= 11 is 0. The van der Waals surface area contributed by atoms with Crippen LogP contribution in [-0.2, 0) is 6.54 Å². The summed E-state index contributed by atoms with van der Waals surface area (Å²) in [5.74, 6) is 0. The molecule has 17 heavy (non-hydrogen) atoms. The van der Waals surface area contributed by atoms with Gasteiger partial charge in [-0.05, 0) is 25.5 Å². The standard InChI is InChI=1S/C14H24N2O/c1-3-9-16(11-14(2,15)12-17)10-13-7-5-4-6-8-13/h4-8,17H,3,9-12,15H2,1-2H3. The number of benzene rings is 1. The first-order valence-electron chi connectivity index (χ1n) is 6.23. The third kappa shape index (κ3) is 5.31. The van der Waals surface area contributed by atoms with Crippen molar-refractivity contribution in [1.82, 2.24) is 4.90 Å². The van der Waals surface area contributed by atoms with Crippen LogP contribution in [0.3, 0.4) is 0 Å². The van der Waals surface area contributed by atoms with Gasteiger partial charge < -0.3 is 10.8 Å². The van der Waals surface area contributed by atoms with Crippen molar-refractivity contribution in [3.8, 4) is 0 Å². The van der Waals surface area contributed by atoms with Gasteiger partial charge in [0.15, 0.2) is 0 Å². The van der Waals surface area contributed by atoms with E-state index in [1.165, 1.54) is 5.56 Å². The maximum atomic E-state index is 9.23. The molecule has 3 nitrogen and oxygen atoms in total. The van der Waals surface area contributed by atoms with E-state index in [1.54, 1.807) is 0 Å². The Balaban J connectivity index is 2.60. The van der Waals surface area contributed by atoms with Gasteiger partial charge in [0.2, 0.25) is 0 Å². The molecule has 0 aliphatic carbocycles. The Labute approximate surface area is 104 Å². The van der Waals surface area contributed by atoms with Crippen molar-refractivity contribution in [3.05, 3.63) is 35.9 Å². The fraction of sp³-hybridized carbons (Fsp3) is 0.571. The lowest BCUT2D eigenvalue weighted by Crippen LogP contribution is -2.50. The largest absolute Gasteiger partial charge is 0.394 e. The predicted molar refractivity (Wildman–Crippen MR) is 71.7 cm³/mol. The normalized spacial score (nSPS) is 14.9. The molecule has 0 aromatic heterocycles. The van der Waals surface area contributed by atoms with Crippen LogP contribution in [0.2, 0.25) is 0 Å². The van der Waals surface area contributed by atoms with Crippen LogP contribution in [0.1, 0.15) is 25.8 Å². The molecule has 0 heterocycles. The molecule has 0 spiro atoms. The zero-order valence-corrected chi connectivity index (χ0v) is 10.9. The molecule has 3 heteroatoms. The van der Waals surface area contributed by atoms with E-state index in [0.29, 0.717) is 6.54 Å². The van der Waals surface area contributed by atoms with Crippen LogP contribution in [0, 0.1) is 0 Å². The number of rotatable bonds is 7. The molecule has 1 unspecified atom stereocenters. The Kier molecular flexibility index (Phi) is 5.62. The zero-order valence-electron chi connectivity index (χ0n) is 10.9. The van der Waals surface area contributed by atoms with Crippen molar-refractivity contribution in [3.63, 3.8) is 0 Å². The van der Waals surface area contributed by atoms with E-state index in [1.807, 2.05) is 25.1 Å². The van der Waals surface area contributed by atoms with Gasteiger partial charge in [-0.2, -0.15) is 0 Å². The second-order valence-electron chi connectivity index (χ2n) is 5.01. The Hall–Kier alpha value is -0.900. The molecule has 0 aliphatic rings. The number of nitrogens with zero attached hydrogens (tertiary/aromatic N) is 1. The first-order chi connectivity index (χ1) is 8.07. The van der Waals surface area contributed by atoms with Crippen molar-refractivity contribution in [1.29, 1.82) is 0 Å². The minimum absolute atomic E-state index is 0.0159. The van der Waals surface area contributed by atoms with Crippen molar-refractivity contribution in [2.24, 2.45) is 5.73 Å². The van der Waals surface area contributed by atoms with Gasteiger partial charge in [-0.25, -0.2) is 0 Å². The summed E-state index contributed by atoms with van der Waals surface area (Å²) in [5.41, 5.74) is 6.77. The fourth-order valence-corrected chi connectivity index (χ4v) is 1.93. The molecule has 0 radical (unpaired) electrons. The zero-order chi connectivity index (χ0) is 12.7. The van der Waals surface area contributed by atoms with E-state index >= 15 is 0 Å². The maximum Gasteiger partial charge on any atom is 0.0621 e. The highest BCUT2D eigenvalue weighted by Gasteiger charge is 2.20. The molecule has 1 atom stereocenters. The summed E-state index contributed by atoms with van der Waals surface area (Å²) in [6, 6.07) is 10.4. The highest BCUT2D eigenvalue weighted by atomic mass is 16.3. The number of hydrogen-bond acceptors (Lipinski definition) is 3. The van der Waals surface area contributed by atoms with Crippen LogP contribution in [-0.4, -0.2) is 35.2 Å². The maximum absolute atomic E-state index is 9.23. The highest BCUT2D eigenvalue weighted by molar-refractivity contribution is 5.14. The van der Waals surface area contributed by atoms with Crippen LogP contribution in [0.4, 0.5) is 0 Å². The van der Waals surface area contributed by atoms with Crippen LogP contribution in [0.5, 0.6) is 0 Å². The van der Waals surface area contributed by atoms with E-state index in [-0.39, 0.29) is 6.61 Å². The van der Waals surface area contributed by atoms with Gasteiger partial charge in [-0.3, -0.25) is 4.90 Å². The SMILES string of the molecule is CCCN(Cc1ccccc1)CC(C)(N)CO. The van der Waals surface area contributed by atoms with Gasteiger partial charge in [0.25, 0.3) is 0 Å². The van der Waals surface area contributed by atoms with Crippen LogP contribution >= 0.6 is 0 Å². The molecule has 0 fully saturated rings. The topological polar surface area (TPSA) is 49.5 Å². The summed E-state index contributed by atoms with van der Waals surface area (Å²) in [4.78, 5) is 2.30. The smallest absolute Gasteiger partial charge is 0.0621 e. The van der Waals surface area contributed by atoms with Crippen LogP contribution in [0.15, 0.2) is 30.3 Å². The lowest BCUT2D eigenvalue weighted by molar-refractivity contribution is 0.143. The van der Waals surface area contributed by atoms with Gasteiger partial charge in [-0.15, -0.1) is 0 Å². The van der Waals surface area contributed by atoms with Gasteiger partial charge in [0.1, 0.15) is 0 Å². The van der Waals surface area contributed by atoms with Crippen molar-refractivity contribution in [2.45, 2.75) is 32.4 Å². The molecular formula is C14H24N2O. The van der Waals surface area contributed by atoms with E-state index < -0.39 is 5.54 Å². The first kappa shape index (κ1) is 14.2. The third-order valence-corrected chi connectivity index (χ3v) is 2.73. The van der Waals surface area contributed by atoms with Gasteiger partial charge in [-0.1, -0.05) is 37.3 Å². The lowest BCUT2D eigenvalue weighted by atomic mass is 10.0. The molecular weight excluding hydrogens is 212 g/mol. The molecule has 0 saturated carbocycles. The van der Waals surface area contributed by atoms with Crippen molar-refractivity contribution >= 4 is 0 Å². The van der Waals surface area contributed by atoms with Gasteiger partial charge >= 0.3 is 0 Å². The molecule has 1 rings (SSSR count). The van der Waals surface area contributed by atoms with Crippen LogP contribution in [0.25, 0.3) is 0 Å². The minimum atomic E-state index is -0.524. The molecule has 0 saturated heterocycles. The Morgan fingerprint density at radius 3 is 2.47 bits per heavy atom. The molecule has 0 aliphatic heterocycles. The molecule has 3 N–H and O–H groups in total. The average Bonchev–Trinajstić information content (AvgIpc) is 2.30. The number of nitrogens with two attached hydrogens (primary N) is 1. The second kappa shape index (κ2) is 6.74. The molecule has 1 aromatic carbocycles. The summed E-state index contributed by atoms with van der Waals surface area (Å²) < 4.78 is 0. The van der Waals surface area contributed by atoms with Gasteiger partial charge in [0, 0.05) is 18.6 Å². The number of hydrogen-bond donors (Lipinski definition) is 2. The molecule has 1 aromatic rings. The Morgan fingerprint density at radius 2 is 1.94 bits per heavy atom. The molecule has 96 valence electrons. The summed E-state index contributed by atoms with van der Waals surface area (Å²) in [6.07, 6.45) is 1.09. The highest BCUT2D eigenvalue weighted by Crippen LogP contribution is 2.09. The monoisotopic (exact) mass is 236 g/mol. The Morgan fingerprint density at radius 1 is 1.29 bits per heavy atom. The quantitative estimate of drug-likeness (QED) is 0.756.